The van der Waals surface area contributed by atoms with Crippen molar-refractivity contribution >= 4 is 11.7 Å². The van der Waals surface area contributed by atoms with Gasteiger partial charge < -0.3 is 15.4 Å². The number of carbonyl (C=O) groups is 1. The number of hydrogen-bond acceptors (Lipinski definition) is 5. The van der Waals surface area contributed by atoms with Crippen LogP contribution in [0.1, 0.15) is 23.8 Å². The van der Waals surface area contributed by atoms with Crippen molar-refractivity contribution in [1.82, 2.24) is 15.3 Å². The van der Waals surface area contributed by atoms with Gasteiger partial charge in [-0.15, -0.1) is 0 Å². The zero-order valence-corrected chi connectivity index (χ0v) is 10.4. The molecule has 0 saturated heterocycles. The Morgan fingerprint density at radius 2 is 2.29 bits per heavy atom. The number of carbonyl (C=O) groups excluding carboxylic acids is 1. The first kappa shape index (κ1) is 13.4. The lowest BCUT2D eigenvalue weighted by atomic mass is 10.2. The van der Waals surface area contributed by atoms with E-state index >= 15 is 0 Å². The zero-order valence-electron chi connectivity index (χ0n) is 10.4. The van der Waals surface area contributed by atoms with Crippen LogP contribution in [0.3, 0.4) is 0 Å². The van der Waals surface area contributed by atoms with Crippen LogP contribution in [0.15, 0.2) is 12.4 Å². The van der Waals surface area contributed by atoms with E-state index in [1.54, 1.807) is 20.4 Å². The fourth-order valence-corrected chi connectivity index (χ4v) is 1.29. The smallest absolute Gasteiger partial charge is 0.271 e. The molecule has 1 amide bonds. The molecule has 0 fully saturated rings. The number of rotatable bonds is 6. The average molecular weight is 238 g/mol. The minimum absolute atomic E-state index is 0.212. The molecule has 1 aromatic heterocycles. The summed E-state index contributed by atoms with van der Waals surface area (Å²) in [6.45, 7) is 2.70. The van der Waals surface area contributed by atoms with Crippen LogP contribution < -0.4 is 10.6 Å². The second-order valence-corrected chi connectivity index (χ2v) is 3.70. The molecular weight excluding hydrogens is 220 g/mol. The molecule has 1 rings (SSSR count). The van der Waals surface area contributed by atoms with Gasteiger partial charge in [-0.25, -0.2) is 4.98 Å². The first-order valence-corrected chi connectivity index (χ1v) is 5.47. The van der Waals surface area contributed by atoms with Gasteiger partial charge in [-0.2, -0.15) is 0 Å². The number of aromatic nitrogens is 2. The standard InChI is InChI=1S/C11H18N4O2/c1-8(4-5-17-3)14-10-7-13-6-9(15-10)11(16)12-2/h6-8H,4-5H2,1-3H3,(H,12,16)(H,14,15). The highest BCUT2D eigenvalue weighted by molar-refractivity contribution is 5.91. The second kappa shape index (κ2) is 6.80. The number of anilines is 1. The summed E-state index contributed by atoms with van der Waals surface area (Å²) in [6, 6.07) is 0.212. The van der Waals surface area contributed by atoms with Crippen molar-refractivity contribution in [2.45, 2.75) is 19.4 Å². The number of nitrogens with one attached hydrogen (secondary N) is 2. The van der Waals surface area contributed by atoms with Crippen molar-refractivity contribution in [3.05, 3.63) is 18.1 Å². The van der Waals surface area contributed by atoms with Gasteiger partial charge in [-0.05, 0) is 13.3 Å². The van der Waals surface area contributed by atoms with E-state index in [0.717, 1.165) is 6.42 Å². The molecule has 0 aliphatic heterocycles. The largest absolute Gasteiger partial charge is 0.385 e. The van der Waals surface area contributed by atoms with Crippen LogP contribution in [0.25, 0.3) is 0 Å². The predicted molar refractivity (Wildman–Crippen MR) is 65.0 cm³/mol. The minimum Gasteiger partial charge on any atom is -0.385 e. The summed E-state index contributed by atoms with van der Waals surface area (Å²) in [4.78, 5) is 19.5. The normalized spacial score (nSPS) is 11.9. The van der Waals surface area contributed by atoms with Gasteiger partial charge in [0.2, 0.25) is 0 Å². The lowest BCUT2D eigenvalue weighted by Gasteiger charge is -2.13. The summed E-state index contributed by atoms with van der Waals surface area (Å²) in [7, 11) is 3.23. The maximum Gasteiger partial charge on any atom is 0.271 e. The van der Waals surface area contributed by atoms with Gasteiger partial charge in [-0.1, -0.05) is 0 Å². The van der Waals surface area contributed by atoms with E-state index in [9.17, 15) is 4.79 Å². The van der Waals surface area contributed by atoms with Crippen LogP contribution >= 0.6 is 0 Å². The lowest BCUT2D eigenvalue weighted by molar-refractivity contribution is 0.0958. The highest BCUT2D eigenvalue weighted by Crippen LogP contribution is 2.06. The lowest BCUT2D eigenvalue weighted by Crippen LogP contribution is -2.22. The van der Waals surface area contributed by atoms with Crippen molar-refractivity contribution in [3.63, 3.8) is 0 Å². The number of methoxy groups -OCH3 is 1. The zero-order chi connectivity index (χ0) is 12.7. The molecule has 94 valence electrons. The fraction of sp³-hybridized carbons (Fsp3) is 0.545. The summed E-state index contributed by atoms with van der Waals surface area (Å²) in [5.41, 5.74) is 0.302. The molecule has 0 bridgehead atoms. The van der Waals surface area contributed by atoms with Crippen LogP contribution in [0, 0.1) is 0 Å². The van der Waals surface area contributed by atoms with Gasteiger partial charge in [-0.3, -0.25) is 9.78 Å². The predicted octanol–water partition coefficient (Wildman–Crippen LogP) is 0.673. The van der Waals surface area contributed by atoms with Gasteiger partial charge in [0, 0.05) is 26.8 Å². The molecule has 6 nitrogen and oxygen atoms in total. The summed E-state index contributed by atoms with van der Waals surface area (Å²) in [5, 5.41) is 5.67. The Hall–Kier alpha value is -1.69. The van der Waals surface area contributed by atoms with E-state index in [-0.39, 0.29) is 11.9 Å². The van der Waals surface area contributed by atoms with Gasteiger partial charge in [0.25, 0.3) is 5.91 Å². The molecular formula is C11H18N4O2. The molecule has 1 aromatic rings. The fourth-order valence-electron chi connectivity index (χ4n) is 1.29. The molecule has 2 N–H and O–H groups in total. The SMILES string of the molecule is CNC(=O)c1cncc(NC(C)CCOC)n1. The maximum absolute atomic E-state index is 11.4. The Morgan fingerprint density at radius 1 is 1.53 bits per heavy atom. The number of amides is 1. The Balaban J connectivity index is 2.62. The Kier molecular flexibility index (Phi) is 5.35. The first-order valence-electron chi connectivity index (χ1n) is 5.47. The maximum atomic E-state index is 11.4. The molecule has 0 aromatic carbocycles. The molecule has 0 aliphatic rings. The number of ether oxygens (including phenoxy) is 1. The van der Waals surface area contributed by atoms with E-state index in [0.29, 0.717) is 18.1 Å². The Morgan fingerprint density at radius 3 is 2.94 bits per heavy atom. The van der Waals surface area contributed by atoms with E-state index in [1.807, 2.05) is 6.92 Å². The molecule has 1 atom stereocenters. The van der Waals surface area contributed by atoms with Gasteiger partial charge >= 0.3 is 0 Å². The monoisotopic (exact) mass is 238 g/mol. The number of hydrogen-bond donors (Lipinski definition) is 2. The number of nitrogens with zero attached hydrogens (tertiary/aromatic N) is 2. The molecule has 6 heteroatoms. The van der Waals surface area contributed by atoms with Crippen molar-refractivity contribution in [2.24, 2.45) is 0 Å². The van der Waals surface area contributed by atoms with E-state index in [2.05, 4.69) is 20.6 Å². The highest BCUT2D eigenvalue weighted by Gasteiger charge is 2.08. The second-order valence-electron chi connectivity index (χ2n) is 3.70. The van der Waals surface area contributed by atoms with Gasteiger partial charge in [0.1, 0.15) is 11.5 Å². The molecule has 0 spiro atoms. The van der Waals surface area contributed by atoms with Crippen LogP contribution in [-0.2, 0) is 4.74 Å². The summed E-state index contributed by atoms with van der Waals surface area (Å²) in [5.74, 6) is 0.348. The summed E-state index contributed by atoms with van der Waals surface area (Å²) >= 11 is 0. The van der Waals surface area contributed by atoms with E-state index in [4.69, 9.17) is 4.74 Å². The highest BCUT2D eigenvalue weighted by atomic mass is 16.5. The van der Waals surface area contributed by atoms with Crippen LogP contribution in [0.5, 0.6) is 0 Å². The average Bonchev–Trinajstić information content (AvgIpc) is 2.35. The molecule has 1 unspecified atom stereocenters. The van der Waals surface area contributed by atoms with Crippen molar-refractivity contribution in [1.29, 1.82) is 0 Å². The molecule has 0 radical (unpaired) electrons. The Bertz CT molecular complexity index is 370. The van der Waals surface area contributed by atoms with Gasteiger partial charge in [0.15, 0.2) is 0 Å². The molecule has 1 heterocycles. The van der Waals surface area contributed by atoms with Crippen LogP contribution in [-0.4, -0.2) is 42.7 Å². The minimum atomic E-state index is -0.245. The van der Waals surface area contributed by atoms with E-state index < -0.39 is 0 Å². The van der Waals surface area contributed by atoms with E-state index in [1.165, 1.54) is 6.20 Å². The quantitative estimate of drug-likeness (QED) is 0.762. The Labute approximate surface area is 101 Å². The molecule has 0 saturated carbocycles. The topological polar surface area (TPSA) is 76.1 Å². The van der Waals surface area contributed by atoms with Crippen LogP contribution in [0.2, 0.25) is 0 Å². The van der Waals surface area contributed by atoms with Crippen molar-refractivity contribution in [2.75, 3.05) is 26.1 Å². The van der Waals surface area contributed by atoms with Crippen molar-refractivity contribution < 1.29 is 9.53 Å². The van der Waals surface area contributed by atoms with Crippen molar-refractivity contribution in [3.8, 4) is 0 Å². The summed E-state index contributed by atoms with van der Waals surface area (Å²) < 4.78 is 4.99. The van der Waals surface area contributed by atoms with Gasteiger partial charge in [0.05, 0.1) is 12.4 Å². The third-order valence-electron chi connectivity index (χ3n) is 2.24. The third kappa shape index (κ3) is 4.36. The molecule has 17 heavy (non-hydrogen) atoms. The molecule has 0 aliphatic carbocycles. The summed E-state index contributed by atoms with van der Waals surface area (Å²) in [6.07, 6.45) is 3.89. The van der Waals surface area contributed by atoms with Crippen LogP contribution in [0.4, 0.5) is 5.82 Å². The third-order valence-corrected chi connectivity index (χ3v) is 2.24. The first-order chi connectivity index (χ1) is 8.17.